The van der Waals surface area contributed by atoms with Crippen LogP contribution in [0.2, 0.25) is 0 Å². The molecule has 2 aliphatic heterocycles. The van der Waals surface area contributed by atoms with E-state index in [-0.39, 0.29) is 11.9 Å². The van der Waals surface area contributed by atoms with E-state index in [1.54, 1.807) is 37.3 Å². The second-order valence-corrected chi connectivity index (χ2v) is 8.17. The summed E-state index contributed by atoms with van der Waals surface area (Å²) in [4.78, 5) is 38.2. The number of benzene rings is 1. The number of furan rings is 1. The second-order valence-electron chi connectivity index (χ2n) is 8.17. The lowest BCUT2D eigenvalue weighted by Gasteiger charge is -2.45. The maximum Gasteiger partial charge on any atom is 0.338 e. The maximum atomic E-state index is 12.8. The van der Waals surface area contributed by atoms with Gasteiger partial charge >= 0.3 is 17.9 Å². The molecule has 2 aromatic rings. The van der Waals surface area contributed by atoms with Crippen molar-refractivity contribution in [2.75, 3.05) is 0 Å². The van der Waals surface area contributed by atoms with Gasteiger partial charge in [-0.1, -0.05) is 18.2 Å². The number of carbonyl (C=O) groups is 3. The fraction of sp³-hybridized carbons (Fsp3) is 0.409. The molecule has 3 heterocycles. The monoisotopic (exact) mass is 396 g/mol. The summed E-state index contributed by atoms with van der Waals surface area (Å²) < 4.78 is 22.1. The van der Waals surface area contributed by atoms with E-state index in [1.165, 1.54) is 12.5 Å². The molecular weight excluding hydrogens is 376 g/mol. The summed E-state index contributed by atoms with van der Waals surface area (Å²) in [6.07, 6.45) is 1.78. The highest BCUT2D eigenvalue weighted by Crippen LogP contribution is 2.58. The Morgan fingerprint density at radius 2 is 1.93 bits per heavy atom. The van der Waals surface area contributed by atoms with E-state index >= 15 is 0 Å². The highest BCUT2D eigenvalue weighted by Gasteiger charge is 2.67. The molecule has 0 amide bonds. The highest BCUT2D eigenvalue weighted by molar-refractivity contribution is 5.89. The first-order valence-corrected chi connectivity index (χ1v) is 9.67. The largest absolute Gasteiger partial charge is 0.472 e. The van der Waals surface area contributed by atoms with Gasteiger partial charge in [-0.3, -0.25) is 9.59 Å². The molecule has 6 atom stereocenters. The molecule has 1 aromatic heterocycles. The van der Waals surface area contributed by atoms with Gasteiger partial charge in [0.25, 0.3) is 0 Å². The molecule has 5 rings (SSSR count). The lowest BCUT2D eigenvalue weighted by Crippen LogP contribution is -2.53. The van der Waals surface area contributed by atoms with E-state index in [1.807, 2.05) is 6.07 Å². The molecule has 29 heavy (non-hydrogen) atoms. The Kier molecular flexibility index (Phi) is 4.01. The molecule has 7 nitrogen and oxygen atoms in total. The molecule has 150 valence electrons. The predicted molar refractivity (Wildman–Crippen MR) is 97.4 cm³/mol. The molecule has 0 radical (unpaired) electrons. The van der Waals surface area contributed by atoms with Crippen LogP contribution in [0.3, 0.4) is 0 Å². The Hall–Kier alpha value is -3.09. The minimum absolute atomic E-state index is 0.308. The molecule has 0 bridgehead atoms. The summed E-state index contributed by atoms with van der Waals surface area (Å²) >= 11 is 0. The third-order valence-electron chi connectivity index (χ3n) is 6.40. The van der Waals surface area contributed by atoms with Crippen molar-refractivity contribution in [3.05, 3.63) is 60.1 Å². The maximum absolute atomic E-state index is 12.8. The predicted octanol–water partition coefficient (Wildman–Crippen LogP) is 3.06. The Labute approximate surface area is 166 Å². The molecule has 7 heteroatoms. The zero-order chi connectivity index (χ0) is 20.2. The Bertz CT molecular complexity index is 951. The van der Waals surface area contributed by atoms with Crippen LogP contribution in [0.15, 0.2) is 53.3 Å². The van der Waals surface area contributed by atoms with Crippen molar-refractivity contribution in [2.45, 2.75) is 38.1 Å². The van der Waals surface area contributed by atoms with Crippen LogP contribution in [-0.4, -0.2) is 30.1 Å². The summed E-state index contributed by atoms with van der Waals surface area (Å²) in [5.74, 6) is -2.15. The van der Waals surface area contributed by atoms with Crippen molar-refractivity contribution < 1.29 is 33.0 Å². The van der Waals surface area contributed by atoms with Crippen molar-refractivity contribution in [2.24, 2.45) is 17.3 Å². The fourth-order valence-electron chi connectivity index (χ4n) is 5.06. The first kappa shape index (κ1) is 18.0. The minimum atomic E-state index is -0.920. The third kappa shape index (κ3) is 2.75. The van der Waals surface area contributed by atoms with Crippen LogP contribution in [-0.2, 0) is 23.8 Å². The number of hydrogen-bond donors (Lipinski definition) is 0. The van der Waals surface area contributed by atoms with Crippen LogP contribution in [0.5, 0.6) is 0 Å². The van der Waals surface area contributed by atoms with E-state index in [0.717, 1.165) is 0 Å². The smallest absolute Gasteiger partial charge is 0.338 e. The van der Waals surface area contributed by atoms with Gasteiger partial charge in [-0.05, 0) is 31.5 Å². The average molecular weight is 396 g/mol. The van der Waals surface area contributed by atoms with Gasteiger partial charge in [-0.15, -0.1) is 0 Å². The first-order valence-electron chi connectivity index (χ1n) is 9.67. The van der Waals surface area contributed by atoms with Gasteiger partial charge in [-0.2, -0.15) is 0 Å². The minimum Gasteiger partial charge on any atom is -0.472 e. The molecule has 3 aliphatic rings. The van der Waals surface area contributed by atoms with Crippen molar-refractivity contribution in [1.82, 2.24) is 0 Å². The van der Waals surface area contributed by atoms with Gasteiger partial charge in [0.1, 0.15) is 12.2 Å². The summed E-state index contributed by atoms with van der Waals surface area (Å²) in [6, 6.07) is 10.4. The summed E-state index contributed by atoms with van der Waals surface area (Å²) in [5, 5.41) is 0. The van der Waals surface area contributed by atoms with Crippen molar-refractivity contribution in [3.63, 3.8) is 0 Å². The molecule has 0 N–H and O–H groups in total. The number of esters is 3. The quantitative estimate of drug-likeness (QED) is 0.581. The second kappa shape index (κ2) is 6.47. The molecule has 0 unspecified atom stereocenters. The van der Waals surface area contributed by atoms with Gasteiger partial charge in [0.05, 0.1) is 29.4 Å². The highest BCUT2D eigenvalue weighted by atomic mass is 16.6. The zero-order valence-corrected chi connectivity index (χ0v) is 15.8. The molecule has 3 fully saturated rings. The number of hydrogen-bond acceptors (Lipinski definition) is 7. The van der Waals surface area contributed by atoms with Crippen LogP contribution >= 0.6 is 0 Å². The summed E-state index contributed by atoms with van der Waals surface area (Å²) in [5.41, 5.74) is 0.172. The molecule has 2 saturated heterocycles. The van der Waals surface area contributed by atoms with Gasteiger partial charge in [0, 0.05) is 17.9 Å². The van der Waals surface area contributed by atoms with E-state index in [4.69, 9.17) is 18.6 Å². The fourth-order valence-corrected chi connectivity index (χ4v) is 5.06. The normalized spacial score (nSPS) is 35.4. The Balaban J connectivity index is 1.42. The van der Waals surface area contributed by atoms with E-state index in [2.05, 4.69) is 0 Å². The van der Waals surface area contributed by atoms with Gasteiger partial charge in [0.2, 0.25) is 0 Å². The van der Waals surface area contributed by atoms with Crippen LogP contribution in [0.1, 0.15) is 41.8 Å². The van der Waals surface area contributed by atoms with E-state index in [9.17, 15) is 14.4 Å². The van der Waals surface area contributed by atoms with E-state index in [0.29, 0.717) is 24.0 Å². The average Bonchev–Trinajstić information content (AvgIpc) is 3.33. The van der Waals surface area contributed by atoms with Gasteiger partial charge in [-0.25, -0.2) is 4.79 Å². The number of carbonyl (C=O) groups excluding carboxylic acids is 3. The third-order valence-corrected chi connectivity index (χ3v) is 6.40. The number of rotatable bonds is 3. The summed E-state index contributed by atoms with van der Waals surface area (Å²) in [7, 11) is 0. The standard InChI is InChI=1S/C22H20O7/c1-22-10-14(27-19(23)12-5-3-2-4-6-12)9-15-16(22)18(29-21(22)25)17(28-20(15)24)13-7-8-26-11-13/h2-8,11,14-18H,9-10H2,1H3/t14-,15-,16+,17-,18-,22-/m0/s1. The molecule has 1 aliphatic carbocycles. The Morgan fingerprint density at radius 3 is 2.66 bits per heavy atom. The molecule has 1 aromatic carbocycles. The number of ether oxygens (including phenoxy) is 3. The molecule has 0 spiro atoms. The SMILES string of the molecule is C[C@@]12C[C@@H](OC(=O)c3ccccc3)C[C@@H]3C(=O)O[C@@H](c4ccoc4)[C@@H](OC1=O)[C@@H]32. The van der Waals surface area contributed by atoms with Gasteiger partial charge < -0.3 is 18.6 Å². The lowest BCUT2D eigenvalue weighted by molar-refractivity contribution is -0.188. The van der Waals surface area contributed by atoms with Gasteiger partial charge in [0.15, 0.2) is 6.10 Å². The molecule has 1 saturated carbocycles. The van der Waals surface area contributed by atoms with E-state index < -0.39 is 41.6 Å². The lowest BCUT2D eigenvalue weighted by atomic mass is 9.59. The Morgan fingerprint density at radius 1 is 1.14 bits per heavy atom. The summed E-state index contributed by atoms with van der Waals surface area (Å²) in [6.45, 7) is 1.79. The van der Waals surface area contributed by atoms with Crippen molar-refractivity contribution in [3.8, 4) is 0 Å². The van der Waals surface area contributed by atoms with Crippen LogP contribution in [0.25, 0.3) is 0 Å². The molecular formula is C22H20O7. The zero-order valence-electron chi connectivity index (χ0n) is 15.8. The van der Waals surface area contributed by atoms with Crippen molar-refractivity contribution >= 4 is 17.9 Å². The van der Waals surface area contributed by atoms with Crippen molar-refractivity contribution in [1.29, 1.82) is 0 Å². The van der Waals surface area contributed by atoms with Crippen LogP contribution < -0.4 is 0 Å². The first-order chi connectivity index (χ1) is 14.0. The van der Waals surface area contributed by atoms with Crippen LogP contribution in [0, 0.1) is 17.3 Å². The number of cyclic esters (lactones) is 1. The topological polar surface area (TPSA) is 92.0 Å². The van der Waals surface area contributed by atoms with Crippen LogP contribution in [0.4, 0.5) is 0 Å².